The molecule has 5 nitrogen and oxygen atoms in total. The van der Waals surface area contributed by atoms with E-state index in [1.807, 2.05) is 31.2 Å². The zero-order valence-electron chi connectivity index (χ0n) is 15.3. The highest BCUT2D eigenvalue weighted by Crippen LogP contribution is 2.38. The molecule has 0 saturated heterocycles. The van der Waals surface area contributed by atoms with E-state index in [0.29, 0.717) is 0 Å². The first-order valence-corrected chi connectivity index (χ1v) is 8.89. The van der Waals surface area contributed by atoms with Crippen LogP contribution in [0.25, 0.3) is 0 Å². The van der Waals surface area contributed by atoms with Gasteiger partial charge in [-0.3, -0.25) is 9.59 Å². The molecule has 0 radical (unpaired) electrons. The number of hydrogen-bond acceptors (Lipinski definition) is 5. The van der Waals surface area contributed by atoms with Crippen molar-refractivity contribution < 1.29 is 24.2 Å². The van der Waals surface area contributed by atoms with E-state index in [-0.39, 0.29) is 5.92 Å². The number of aliphatic hydroxyl groups excluding tert-OH is 1. The molecule has 1 fully saturated rings. The number of rotatable bonds is 6. The standard InChI is InChI=1S/C20H28O5/c1-14-9-11-16(12-10-14)17(15-7-5-4-6-8-15)25-19(23)20(2,13-21)18(22)24-3/h9-12,15,17,21H,4-8,13H2,1-3H3. The number of benzene rings is 1. The number of carbonyl (C=O) groups excluding carboxylic acids is 2. The number of aryl methyl sites for hydroxylation is 1. The lowest BCUT2D eigenvalue weighted by Gasteiger charge is -2.33. The largest absolute Gasteiger partial charge is 0.468 e. The van der Waals surface area contributed by atoms with E-state index in [0.717, 1.165) is 36.8 Å². The third kappa shape index (κ3) is 4.40. The van der Waals surface area contributed by atoms with Gasteiger partial charge in [-0.2, -0.15) is 0 Å². The molecule has 0 aliphatic heterocycles. The van der Waals surface area contributed by atoms with E-state index in [1.165, 1.54) is 20.5 Å². The number of esters is 2. The molecule has 0 amide bonds. The van der Waals surface area contributed by atoms with Crippen molar-refractivity contribution in [2.24, 2.45) is 11.3 Å². The topological polar surface area (TPSA) is 72.8 Å². The van der Waals surface area contributed by atoms with E-state index >= 15 is 0 Å². The van der Waals surface area contributed by atoms with Crippen LogP contribution in [-0.2, 0) is 19.1 Å². The molecule has 0 spiro atoms. The summed E-state index contributed by atoms with van der Waals surface area (Å²) in [4.78, 5) is 24.7. The van der Waals surface area contributed by atoms with Crippen LogP contribution in [0.5, 0.6) is 0 Å². The highest BCUT2D eigenvalue weighted by molar-refractivity contribution is 5.99. The second kappa shape index (κ2) is 8.48. The second-order valence-electron chi connectivity index (χ2n) is 7.12. The van der Waals surface area contributed by atoms with E-state index in [9.17, 15) is 14.7 Å². The Morgan fingerprint density at radius 3 is 2.28 bits per heavy atom. The average molecular weight is 348 g/mol. The molecule has 25 heavy (non-hydrogen) atoms. The minimum Gasteiger partial charge on any atom is -0.468 e. The average Bonchev–Trinajstić information content (AvgIpc) is 2.66. The van der Waals surface area contributed by atoms with Gasteiger partial charge in [0.05, 0.1) is 13.7 Å². The van der Waals surface area contributed by atoms with Gasteiger partial charge in [0.25, 0.3) is 0 Å². The monoisotopic (exact) mass is 348 g/mol. The van der Waals surface area contributed by atoms with Crippen molar-refractivity contribution in [3.63, 3.8) is 0 Å². The van der Waals surface area contributed by atoms with Gasteiger partial charge in [-0.15, -0.1) is 0 Å². The summed E-state index contributed by atoms with van der Waals surface area (Å²) in [5, 5.41) is 9.59. The Labute approximate surface area is 149 Å². The molecule has 1 N–H and O–H groups in total. The summed E-state index contributed by atoms with van der Waals surface area (Å²) >= 11 is 0. The molecule has 1 aromatic carbocycles. The van der Waals surface area contributed by atoms with Crippen LogP contribution in [0, 0.1) is 18.3 Å². The van der Waals surface area contributed by atoms with Crippen molar-refractivity contribution in [2.75, 3.05) is 13.7 Å². The van der Waals surface area contributed by atoms with Crippen LogP contribution < -0.4 is 0 Å². The van der Waals surface area contributed by atoms with Crippen molar-refractivity contribution in [1.29, 1.82) is 0 Å². The smallest absolute Gasteiger partial charge is 0.326 e. The Bertz CT molecular complexity index is 589. The van der Waals surface area contributed by atoms with Crippen LogP contribution in [0.1, 0.15) is 56.3 Å². The van der Waals surface area contributed by atoms with Gasteiger partial charge in [0, 0.05) is 5.92 Å². The van der Waals surface area contributed by atoms with E-state index in [4.69, 9.17) is 4.74 Å². The number of methoxy groups -OCH3 is 1. The lowest BCUT2D eigenvalue weighted by atomic mass is 9.82. The van der Waals surface area contributed by atoms with Gasteiger partial charge >= 0.3 is 11.9 Å². The quantitative estimate of drug-likeness (QED) is 0.630. The van der Waals surface area contributed by atoms with Gasteiger partial charge in [0.2, 0.25) is 0 Å². The van der Waals surface area contributed by atoms with Crippen molar-refractivity contribution in [2.45, 2.75) is 52.1 Å². The summed E-state index contributed by atoms with van der Waals surface area (Å²) < 4.78 is 10.5. The zero-order chi connectivity index (χ0) is 18.4. The number of carbonyl (C=O) groups is 2. The van der Waals surface area contributed by atoms with Gasteiger partial charge < -0.3 is 14.6 Å². The van der Waals surface area contributed by atoms with Crippen LogP contribution in [0.3, 0.4) is 0 Å². The molecule has 1 aromatic rings. The second-order valence-corrected chi connectivity index (χ2v) is 7.12. The van der Waals surface area contributed by atoms with Gasteiger partial charge in [-0.25, -0.2) is 0 Å². The van der Waals surface area contributed by atoms with Crippen LogP contribution >= 0.6 is 0 Å². The SMILES string of the molecule is COC(=O)C(C)(CO)C(=O)OC(c1ccc(C)cc1)C1CCCCC1. The summed E-state index contributed by atoms with van der Waals surface area (Å²) in [6.07, 6.45) is 4.97. The predicted molar refractivity (Wildman–Crippen MR) is 93.8 cm³/mol. The molecule has 2 unspecified atom stereocenters. The summed E-state index contributed by atoms with van der Waals surface area (Å²) in [6, 6.07) is 7.92. The van der Waals surface area contributed by atoms with E-state index in [2.05, 4.69) is 4.74 Å². The van der Waals surface area contributed by atoms with Crippen LogP contribution in [0.2, 0.25) is 0 Å². The maximum absolute atomic E-state index is 12.7. The lowest BCUT2D eigenvalue weighted by molar-refractivity contribution is -0.178. The first-order valence-electron chi connectivity index (χ1n) is 8.89. The van der Waals surface area contributed by atoms with Gasteiger partial charge in [0.15, 0.2) is 5.41 Å². The molecule has 0 bridgehead atoms. The summed E-state index contributed by atoms with van der Waals surface area (Å²) in [7, 11) is 1.20. The van der Waals surface area contributed by atoms with Gasteiger partial charge in [0.1, 0.15) is 6.10 Å². The third-order valence-electron chi connectivity index (χ3n) is 5.12. The zero-order valence-corrected chi connectivity index (χ0v) is 15.3. The molecular formula is C20H28O5. The minimum atomic E-state index is -1.70. The Kier molecular flexibility index (Phi) is 6.59. The Morgan fingerprint density at radius 1 is 1.16 bits per heavy atom. The van der Waals surface area contributed by atoms with Gasteiger partial charge in [-0.05, 0) is 32.3 Å². The highest BCUT2D eigenvalue weighted by atomic mass is 16.6. The maximum atomic E-state index is 12.7. The molecular weight excluding hydrogens is 320 g/mol. The lowest BCUT2D eigenvalue weighted by Crippen LogP contribution is -2.43. The molecule has 1 aliphatic carbocycles. The fourth-order valence-electron chi connectivity index (χ4n) is 3.31. The van der Waals surface area contributed by atoms with Gasteiger partial charge in [-0.1, -0.05) is 49.1 Å². The molecule has 1 saturated carbocycles. The maximum Gasteiger partial charge on any atom is 0.326 e. The molecule has 2 atom stereocenters. The fourth-order valence-corrected chi connectivity index (χ4v) is 3.31. The molecule has 1 aliphatic rings. The predicted octanol–water partition coefficient (Wildman–Crippen LogP) is 3.33. The fraction of sp³-hybridized carbons (Fsp3) is 0.600. The van der Waals surface area contributed by atoms with Crippen LogP contribution in [0.4, 0.5) is 0 Å². The highest BCUT2D eigenvalue weighted by Gasteiger charge is 2.45. The summed E-state index contributed by atoms with van der Waals surface area (Å²) in [5.74, 6) is -1.30. The number of aliphatic hydroxyl groups is 1. The number of hydrogen-bond donors (Lipinski definition) is 1. The first-order chi connectivity index (χ1) is 11.9. The van der Waals surface area contributed by atoms with Crippen molar-refractivity contribution in [3.8, 4) is 0 Å². The molecule has 2 rings (SSSR count). The molecule has 0 heterocycles. The minimum absolute atomic E-state index is 0.223. The van der Waals surface area contributed by atoms with Crippen molar-refractivity contribution in [1.82, 2.24) is 0 Å². The Balaban J connectivity index is 2.27. The Morgan fingerprint density at radius 2 is 1.76 bits per heavy atom. The van der Waals surface area contributed by atoms with Crippen LogP contribution in [0.15, 0.2) is 24.3 Å². The summed E-state index contributed by atoms with van der Waals surface area (Å²) in [5.41, 5.74) is 0.357. The molecule has 138 valence electrons. The third-order valence-corrected chi connectivity index (χ3v) is 5.12. The molecule has 5 heteroatoms. The molecule has 0 aromatic heterocycles. The van der Waals surface area contributed by atoms with E-state index in [1.54, 1.807) is 0 Å². The number of ether oxygens (including phenoxy) is 2. The first kappa shape index (κ1) is 19.4. The van der Waals surface area contributed by atoms with Crippen molar-refractivity contribution >= 4 is 11.9 Å². The van der Waals surface area contributed by atoms with Crippen molar-refractivity contribution in [3.05, 3.63) is 35.4 Å². The summed E-state index contributed by atoms with van der Waals surface area (Å²) in [6.45, 7) is 2.71. The Hall–Kier alpha value is -1.88. The van der Waals surface area contributed by atoms with E-state index < -0.39 is 30.1 Å². The normalized spacial score (nSPS) is 18.9. The van der Waals surface area contributed by atoms with Crippen LogP contribution in [-0.4, -0.2) is 30.8 Å².